The second kappa shape index (κ2) is 30.2. The molecule has 0 radical (unpaired) electrons. The van der Waals surface area contributed by atoms with Gasteiger partial charge >= 0.3 is 0 Å². The van der Waals surface area contributed by atoms with Crippen LogP contribution in [0.1, 0.15) is 191 Å². The van der Waals surface area contributed by atoms with Crippen LogP contribution in [0, 0.1) is 0 Å². The summed E-state index contributed by atoms with van der Waals surface area (Å²) >= 11 is 0. The normalized spacial score (nSPS) is 16.5. The van der Waals surface area contributed by atoms with Gasteiger partial charge in [-0.05, 0) is 248 Å². The summed E-state index contributed by atoms with van der Waals surface area (Å²) < 4.78 is 2.46. The summed E-state index contributed by atoms with van der Waals surface area (Å²) in [4.78, 5) is 17.8. The molecule has 6 aliphatic rings. The van der Waals surface area contributed by atoms with Gasteiger partial charge in [-0.15, -0.1) is 0 Å². The molecule has 0 saturated heterocycles. The first-order chi connectivity index (χ1) is 65.9. The summed E-state index contributed by atoms with van der Waals surface area (Å²) in [5.74, 6) is 2.04. The van der Waals surface area contributed by atoms with Crippen LogP contribution in [0.4, 0.5) is 17.1 Å². The molecule has 5 nitrogen and oxygen atoms in total. The van der Waals surface area contributed by atoms with E-state index in [9.17, 15) is 0 Å². The predicted molar refractivity (Wildman–Crippen MR) is 578 cm³/mol. The number of aromatic nitrogens is 4. The molecule has 6 aliphatic carbocycles. The molecule has 2 heterocycles. The van der Waals surface area contributed by atoms with E-state index in [1.807, 2.05) is 36.4 Å². The van der Waals surface area contributed by atoms with Crippen molar-refractivity contribution in [3.05, 3.63) is 437 Å². The maximum absolute atomic E-state index is 5.18. The van der Waals surface area contributed by atoms with Gasteiger partial charge in [-0.1, -0.05) is 434 Å². The van der Waals surface area contributed by atoms with Gasteiger partial charge in [-0.2, -0.15) is 0 Å². The summed E-state index contributed by atoms with van der Waals surface area (Å²) in [6.45, 7) is 43.8. The van der Waals surface area contributed by atoms with Gasteiger partial charge in [-0.3, -0.25) is 0 Å². The van der Waals surface area contributed by atoms with E-state index in [1.165, 1.54) is 194 Å². The van der Waals surface area contributed by atoms with Crippen LogP contribution in [0.5, 0.6) is 0 Å². The monoisotopic (exact) mass is 1770 g/mol. The van der Waals surface area contributed by atoms with E-state index in [1.54, 1.807) is 0 Å². The van der Waals surface area contributed by atoms with Crippen LogP contribution in [0.25, 0.3) is 161 Å². The summed E-state index contributed by atoms with van der Waals surface area (Å²) in [5, 5.41) is 10.3. The highest BCUT2D eigenvalue weighted by Crippen LogP contribution is 2.68. The molecule has 20 aromatic rings. The Morgan fingerprint density at radius 3 is 1.01 bits per heavy atom. The van der Waals surface area contributed by atoms with E-state index in [0.29, 0.717) is 17.5 Å². The molecule has 0 spiro atoms. The van der Waals surface area contributed by atoms with Crippen LogP contribution in [-0.4, -0.2) is 19.5 Å². The smallest absolute Gasteiger partial charge is 0.164 e. The number of rotatable bonds is 7. The van der Waals surface area contributed by atoms with Crippen molar-refractivity contribution in [3.8, 4) is 107 Å². The van der Waals surface area contributed by atoms with E-state index in [-0.39, 0.29) is 48.7 Å². The molecular formula is C132H115N5. The first-order valence-corrected chi connectivity index (χ1v) is 49.2. The lowest BCUT2D eigenvalue weighted by atomic mass is 9.53. The molecule has 0 fully saturated rings. The average molecular weight is 1770 g/mol. The van der Waals surface area contributed by atoms with Crippen LogP contribution in [0.15, 0.2) is 370 Å². The van der Waals surface area contributed by atoms with Crippen molar-refractivity contribution in [1.82, 2.24) is 19.5 Å². The minimum Gasteiger partial charge on any atom is -0.310 e. The zero-order valence-corrected chi connectivity index (χ0v) is 82.0. The van der Waals surface area contributed by atoms with Crippen molar-refractivity contribution in [1.29, 1.82) is 0 Å². The molecular weight excluding hydrogens is 1660 g/mol. The maximum atomic E-state index is 5.18. The van der Waals surface area contributed by atoms with Crippen LogP contribution < -0.4 is 4.90 Å². The predicted octanol–water partition coefficient (Wildman–Crippen LogP) is 34.9. The molecule has 26 rings (SSSR count). The van der Waals surface area contributed by atoms with Crippen molar-refractivity contribution in [2.45, 2.75) is 173 Å². The lowest BCUT2D eigenvalue weighted by Gasteiger charge is -2.50. The van der Waals surface area contributed by atoms with Gasteiger partial charge in [0.15, 0.2) is 17.5 Å². The fourth-order valence-corrected chi connectivity index (χ4v) is 25.7. The van der Waals surface area contributed by atoms with Gasteiger partial charge in [0, 0.05) is 71.6 Å². The Balaban J connectivity index is 0.000000112. The highest BCUT2D eigenvalue weighted by Gasteiger charge is 2.55. The Morgan fingerprint density at radius 2 is 0.533 bits per heavy atom. The summed E-state index contributed by atoms with van der Waals surface area (Å²) in [6, 6.07) is 136. The van der Waals surface area contributed by atoms with Crippen molar-refractivity contribution in [2.24, 2.45) is 0 Å². The van der Waals surface area contributed by atoms with Crippen LogP contribution in [0.2, 0.25) is 0 Å². The third-order valence-electron chi connectivity index (χ3n) is 34.7. The molecule has 0 amide bonds. The van der Waals surface area contributed by atoms with Crippen LogP contribution in [-0.2, 0) is 48.7 Å². The van der Waals surface area contributed by atoms with E-state index in [4.69, 9.17) is 15.0 Å². The second-order valence-electron chi connectivity index (χ2n) is 44.0. The third kappa shape index (κ3) is 12.0. The average Bonchev–Trinajstić information content (AvgIpc) is 1.52. The number of hydrogen-bond donors (Lipinski definition) is 0. The van der Waals surface area contributed by atoms with E-state index >= 15 is 0 Å². The zero-order valence-electron chi connectivity index (χ0n) is 82.0. The Kier molecular flexibility index (Phi) is 18.8. The van der Waals surface area contributed by atoms with Gasteiger partial charge < -0.3 is 9.47 Å². The molecule has 0 bridgehead atoms. The zero-order chi connectivity index (χ0) is 94.3. The van der Waals surface area contributed by atoms with Crippen molar-refractivity contribution in [2.75, 3.05) is 4.90 Å². The Morgan fingerprint density at radius 1 is 0.197 bits per heavy atom. The minimum atomic E-state index is -0.267. The van der Waals surface area contributed by atoms with Crippen LogP contribution >= 0.6 is 0 Å². The highest BCUT2D eigenvalue weighted by molar-refractivity contribution is 6.15. The largest absolute Gasteiger partial charge is 0.310 e. The van der Waals surface area contributed by atoms with Crippen molar-refractivity contribution >= 4 is 71.2 Å². The van der Waals surface area contributed by atoms with E-state index < -0.39 is 0 Å². The summed E-state index contributed by atoms with van der Waals surface area (Å²) in [5.41, 5.74) is 43.3. The van der Waals surface area contributed by atoms with Gasteiger partial charge in [-0.25, -0.2) is 15.0 Å². The van der Waals surface area contributed by atoms with Crippen molar-refractivity contribution in [3.63, 3.8) is 0 Å². The molecule has 137 heavy (non-hydrogen) atoms. The number of para-hydroxylation sites is 4. The number of anilines is 3. The highest BCUT2D eigenvalue weighted by atomic mass is 15.1. The first-order valence-electron chi connectivity index (χ1n) is 49.2. The fraction of sp³-hybridized carbons (Fsp3) is 0.205. The lowest BCUT2D eigenvalue weighted by Crippen LogP contribution is -2.44. The molecule has 0 saturated carbocycles. The molecule has 0 N–H and O–H groups in total. The molecule has 668 valence electrons. The number of hydrogen-bond acceptors (Lipinski definition) is 4. The SMILES string of the molecule is CC1(C)c2cc(-c3nc(-c4ccccc4)nc(-c4ccccc4)n3)c3ccccc3c2-c2ccc3c(c21)-c1ccccc1C(C)(C)C3(C)C.CC1(C)c2cc(-n3c4ccccc4c4ccccc43)ccc2-c2c3c(c4ccccc4c21)-c1ccccc1C(C)(C)C3(C)C.CC1(C)c2cc(N(c3ccccc3)c3ccccc3)c3ccccc3c2-c2ccc3c(c21)-c1ccccc1C(C)(C)C3(C)C. The summed E-state index contributed by atoms with van der Waals surface area (Å²) in [7, 11) is 0. The van der Waals surface area contributed by atoms with E-state index in [2.05, 4.69) is 468 Å². The third-order valence-corrected chi connectivity index (χ3v) is 34.7. The molecule has 0 aliphatic heterocycles. The van der Waals surface area contributed by atoms with Gasteiger partial charge in [0.05, 0.1) is 16.7 Å². The van der Waals surface area contributed by atoms with Gasteiger partial charge in [0.1, 0.15) is 0 Å². The fourth-order valence-electron chi connectivity index (χ4n) is 25.7. The number of benzene rings is 18. The molecule has 0 unspecified atom stereocenters. The Hall–Kier alpha value is -14.7. The van der Waals surface area contributed by atoms with Crippen LogP contribution in [0.3, 0.4) is 0 Å². The summed E-state index contributed by atoms with van der Waals surface area (Å²) in [6.07, 6.45) is 0. The Labute approximate surface area is 806 Å². The molecule has 18 aromatic carbocycles. The topological polar surface area (TPSA) is 46.8 Å². The van der Waals surface area contributed by atoms with E-state index in [0.717, 1.165) is 33.5 Å². The second-order valence-corrected chi connectivity index (χ2v) is 44.0. The van der Waals surface area contributed by atoms with Gasteiger partial charge in [0.25, 0.3) is 0 Å². The lowest BCUT2D eigenvalue weighted by molar-refractivity contribution is 0.298. The molecule has 0 atom stereocenters. The standard InChI is InChI=1S/C46H39N3.C43H37N.C43H39N/c1-44(2)37-27-34(43-48-41(28-17-9-7-10-18-28)47-42(49-43)29-19-11-8-12-20-29)30-21-13-14-22-31(30)38(37)33-25-26-36-39(40(33)44)32-23-15-16-24-35(32)45(3,4)46(36,5)6;1-41(2)34-25-26(44-35-21-13-10-15-27(35)28-16-11-14-22-36(28)44)23-24-32(34)38-39(41)30-18-8-7-17-29(30)37-31-19-9-12-20-33(31)42(3,4)43(5,6)40(37)38;1-41(2)36-27-37(44(28-17-9-7-10-18-28)29-19-11-8-12-20-29)30-21-13-14-22-31(30)38(36)33-25-26-35-39(40(33)41)32-23-15-16-24-34(32)42(3,4)43(35,5)6/h7-27H,1-6H3;7-25H,1-6H3;7-27H,1-6H3. The van der Waals surface area contributed by atoms with Crippen molar-refractivity contribution < 1.29 is 0 Å². The maximum Gasteiger partial charge on any atom is 0.164 e. The molecule has 5 heteroatoms. The minimum absolute atomic E-state index is 0.00611. The quantitative estimate of drug-likeness (QED) is 0.160. The molecule has 2 aromatic heterocycles. The van der Waals surface area contributed by atoms with Gasteiger partial charge in [0.2, 0.25) is 0 Å². The first kappa shape index (κ1) is 85.3. The Bertz CT molecular complexity index is 8310. The number of fused-ring (bicyclic) bond motifs is 31. The number of nitrogens with zero attached hydrogens (tertiary/aromatic N) is 5.